The molecule has 3 unspecified atom stereocenters. The summed E-state index contributed by atoms with van der Waals surface area (Å²) < 4.78 is 23.2. The van der Waals surface area contributed by atoms with Crippen LogP contribution in [0.3, 0.4) is 0 Å². The van der Waals surface area contributed by atoms with Crippen LogP contribution in [0.1, 0.15) is 51.9 Å². The first-order chi connectivity index (χ1) is 8.07. The topological polar surface area (TPSA) is 46.2 Å². The molecule has 3 atom stereocenters. The van der Waals surface area contributed by atoms with Crippen molar-refractivity contribution in [3.8, 4) is 0 Å². The zero-order valence-electron chi connectivity index (χ0n) is 10.8. The molecule has 17 heavy (non-hydrogen) atoms. The molecule has 1 saturated heterocycles. The zero-order valence-corrected chi connectivity index (χ0v) is 11.6. The van der Waals surface area contributed by atoms with E-state index in [4.69, 9.17) is 0 Å². The van der Waals surface area contributed by atoms with Gasteiger partial charge in [-0.1, -0.05) is 26.2 Å². The summed E-state index contributed by atoms with van der Waals surface area (Å²) in [5.41, 5.74) is 0. The average molecular weight is 259 g/mol. The Hall–Kier alpha value is -0.0900. The maximum absolute atomic E-state index is 11.6. The Morgan fingerprint density at radius 1 is 1.00 bits per heavy atom. The Kier molecular flexibility index (Phi) is 4.47. The summed E-state index contributed by atoms with van der Waals surface area (Å²) in [6.45, 7) is 2.31. The number of hydrogen-bond donors (Lipinski definition) is 1. The molecule has 2 rings (SSSR count). The maximum atomic E-state index is 11.6. The van der Waals surface area contributed by atoms with Gasteiger partial charge in [0, 0.05) is 12.1 Å². The fourth-order valence-electron chi connectivity index (χ4n) is 3.20. The second kappa shape index (κ2) is 5.70. The van der Waals surface area contributed by atoms with Gasteiger partial charge in [0.25, 0.3) is 0 Å². The van der Waals surface area contributed by atoms with Crippen LogP contribution >= 0.6 is 0 Å². The molecule has 0 amide bonds. The Morgan fingerprint density at radius 2 is 1.76 bits per heavy atom. The fourth-order valence-corrected chi connectivity index (χ4v) is 4.85. The third-order valence-electron chi connectivity index (χ3n) is 4.27. The highest BCUT2D eigenvalue weighted by atomic mass is 32.2. The summed E-state index contributed by atoms with van der Waals surface area (Å²) in [7, 11) is -2.77. The van der Waals surface area contributed by atoms with Crippen LogP contribution in [0.5, 0.6) is 0 Å². The second-order valence-corrected chi connectivity index (χ2v) is 8.07. The van der Waals surface area contributed by atoms with Crippen LogP contribution in [0.25, 0.3) is 0 Å². The predicted molar refractivity (Wildman–Crippen MR) is 70.8 cm³/mol. The van der Waals surface area contributed by atoms with Crippen LogP contribution in [-0.4, -0.2) is 32.0 Å². The van der Waals surface area contributed by atoms with Gasteiger partial charge in [-0.25, -0.2) is 8.42 Å². The third-order valence-corrected chi connectivity index (χ3v) is 6.10. The Bertz CT molecular complexity index is 339. The smallest absolute Gasteiger partial charge is 0.151 e. The van der Waals surface area contributed by atoms with Gasteiger partial charge in [0.15, 0.2) is 9.84 Å². The summed E-state index contributed by atoms with van der Waals surface area (Å²) in [5, 5.41) is 3.62. The van der Waals surface area contributed by atoms with E-state index in [-0.39, 0.29) is 6.04 Å². The minimum Gasteiger partial charge on any atom is -0.310 e. The van der Waals surface area contributed by atoms with E-state index in [0.717, 1.165) is 12.8 Å². The molecule has 1 N–H and O–H groups in total. The molecule has 0 spiro atoms. The maximum Gasteiger partial charge on any atom is 0.151 e. The Morgan fingerprint density at radius 3 is 2.53 bits per heavy atom. The van der Waals surface area contributed by atoms with Crippen molar-refractivity contribution in [2.75, 3.05) is 11.5 Å². The summed E-state index contributed by atoms with van der Waals surface area (Å²) in [6.07, 6.45) is 8.34. The van der Waals surface area contributed by atoms with E-state index < -0.39 is 9.84 Å². The van der Waals surface area contributed by atoms with Gasteiger partial charge in [0.1, 0.15) is 0 Å². The highest BCUT2D eigenvalue weighted by molar-refractivity contribution is 7.91. The van der Waals surface area contributed by atoms with Crippen molar-refractivity contribution >= 4 is 9.84 Å². The van der Waals surface area contributed by atoms with E-state index in [2.05, 4.69) is 12.2 Å². The van der Waals surface area contributed by atoms with Gasteiger partial charge < -0.3 is 5.32 Å². The molecular formula is C13H25NO2S. The van der Waals surface area contributed by atoms with Gasteiger partial charge in [0.05, 0.1) is 11.5 Å². The lowest BCUT2D eigenvalue weighted by molar-refractivity contribution is 0.317. The summed E-state index contributed by atoms with van der Waals surface area (Å²) in [5.74, 6) is 1.45. The Balaban J connectivity index is 1.90. The van der Waals surface area contributed by atoms with Gasteiger partial charge in [-0.05, 0) is 31.6 Å². The van der Waals surface area contributed by atoms with Crippen LogP contribution in [0.2, 0.25) is 0 Å². The van der Waals surface area contributed by atoms with Gasteiger partial charge >= 0.3 is 0 Å². The molecule has 4 heteroatoms. The lowest BCUT2D eigenvalue weighted by atomic mass is 9.96. The van der Waals surface area contributed by atoms with Crippen molar-refractivity contribution in [2.45, 2.75) is 64.0 Å². The number of hydrogen-bond acceptors (Lipinski definition) is 3. The average Bonchev–Trinajstić information content (AvgIpc) is 2.43. The molecule has 1 aliphatic heterocycles. The Labute approximate surface area is 105 Å². The molecule has 0 bridgehead atoms. The van der Waals surface area contributed by atoms with Crippen LogP contribution in [0.15, 0.2) is 0 Å². The van der Waals surface area contributed by atoms with Crippen molar-refractivity contribution < 1.29 is 8.42 Å². The fraction of sp³-hybridized carbons (Fsp3) is 1.00. The lowest BCUT2D eigenvalue weighted by Crippen LogP contribution is -2.47. The first-order valence-corrected chi connectivity index (χ1v) is 8.85. The van der Waals surface area contributed by atoms with Crippen molar-refractivity contribution in [2.24, 2.45) is 5.92 Å². The van der Waals surface area contributed by atoms with E-state index in [1.807, 2.05) is 0 Å². The molecule has 0 aromatic heterocycles. The van der Waals surface area contributed by atoms with Gasteiger partial charge in [0.2, 0.25) is 0 Å². The van der Waals surface area contributed by atoms with Crippen molar-refractivity contribution in [1.29, 1.82) is 0 Å². The summed E-state index contributed by atoms with van der Waals surface area (Å²) >= 11 is 0. The molecule has 0 aromatic carbocycles. The van der Waals surface area contributed by atoms with Crippen molar-refractivity contribution in [1.82, 2.24) is 5.32 Å². The van der Waals surface area contributed by atoms with Gasteiger partial charge in [-0.15, -0.1) is 0 Å². The minimum atomic E-state index is -2.77. The standard InChI is InChI=1S/C13H25NO2S/c1-11-6-3-2-4-8-13(11)14-12-7-5-9-17(15,16)10-12/h11-14H,2-10H2,1H3. The first-order valence-electron chi connectivity index (χ1n) is 7.03. The van der Waals surface area contributed by atoms with Gasteiger partial charge in [-0.3, -0.25) is 0 Å². The van der Waals surface area contributed by atoms with Crippen LogP contribution in [0.4, 0.5) is 0 Å². The molecular weight excluding hydrogens is 234 g/mol. The third kappa shape index (κ3) is 3.95. The molecule has 0 aromatic rings. The minimum absolute atomic E-state index is 0.208. The molecule has 1 heterocycles. The van der Waals surface area contributed by atoms with E-state index >= 15 is 0 Å². The highest BCUT2D eigenvalue weighted by Gasteiger charge is 2.28. The zero-order chi connectivity index (χ0) is 12.3. The number of sulfone groups is 1. The van der Waals surface area contributed by atoms with Crippen molar-refractivity contribution in [3.05, 3.63) is 0 Å². The number of nitrogens with one attached hydrogen (secondary N) is 1. The largest absolute Gasteiger partial charge is 0.310 e. The summed E-state index contributed by atoms with van der Waals surface area (Å²) in [6, 6.07) is 0.745. The van der Waals surface area contributed by atoms with E-state index in [0.29, 0.717) is 23.5 Å². The first kappa shape index (κ1) is 13.3. The molecule has 3 nitrogen and oxygen atoms in total. The molecule has 2 aliphatic rings. The van der Waals surface area contributed by atoms with E-state index in [1.165, 1.54) is 32.1 Å². The van der Waals surface area contributed by atoms with Gasteiger partial charge in [-0.2, -0.15) is 0 Å². The molecule has 0 radical (unpaired) electrons. The highest BCUT2D eigenvalue weighted by Crippen LogP contribution is 2.24. The quantitative estimate of drug-likeness (QED) is 0.773. The molecule has 100 valence electrons. The molecule has 1 saturated carbocycles. The summed E-state index contributed by atoms with van der Waals surface area (Å²) in [4.78, 5) is 0. The van der Waals surface area contributed by atoms with Crippen molar-refractivity contribution in [3.63, 3.8) is 0 Å². The second-order valence-electron chi connectivity index (χ2n) is 5.84. The molecule has 1 aliphatic carbocycles. The van der Waals surface area contributed by atoms with Crippen LogP contribution in [-0.2, 0) is 9.84 Å². The predicted octanol–water partition coefficient (Wildman–Crippen LogP) is 2.12. The van der Waals surface area contributed by atoms with E-state index in [9.17, 15) is 8.42 Å². The monoisotopic (exact) mass is 259 g/mol. The molecule has 2 fully saturated rings. The number of rotatable bonds is 2. The lowest BCUT2D eigenvalue weighted by Gasteiger charge is -2.30. The van der Waals surface area contributed by atoms with Crippen LogP contribution in [0, 0.1) is 5.92 Å². The normalized spacial score (nSPS) is 38.5. The van der Waals surface area contributed by atoms with Crippen LogP contribution < -0.4 is 5.32 Å². The SMILES string of the molecule is CC1CCCCCC1NC1CCCS(=O)(=O)C1. The van der Waals surface area contributed by atoms with E-state index in [1.54, 1.807) is 0 Å².